The van der Waals surface area contributed by atoms with Crippen LogP contribution in [0, 0.1) is 17.2 Å². The Morgan fingerprint density at radius 3 is 2.40 bits per heavy atom. The minimum absolute atomic E-state index is 0.157. The topological polar surface area (TPSA) is 12.0 Å². The number of halogens is 1. The highest BCUT2D eigenvalue weighted by atomic mass is 19.1. The van der Waals surface area contributed by atoms with Crippen molar-refractivity contribution in [2.75, 3.05) is 0 Å². The molecule has 1 nitrogen and oxygen atoms in total. The van der Waals surface area contributed by atoms with Gasteiger partial charge in [0.05, 0.1) is 0 Å². The van der Waals surface area contributed by atoms with Gasteiger partial charge in [-0.05, 0) is 48.3 Å². The van der Waals surface area contributed by atoms with Gasteiger partial charge in [0.1, 0.15) is 5.82 Å². The second kappa shape index (κ2) is 6.26. The summed E-state index contributed by atoms with van der Waals surface area (Å²) in [5, 5.41) is 3.82. The Morgan fingerprint density at radius 2 is 1.85 bits per heavy atom. The van der Waals surface area contributed by atoms with Crippen LogP contribution in [0.5, 0.6) is 0 Å². The maximum atomic E-state index is 13.1. The third kappa shape index (κ3) is 4.05. The van der Waals surface area contributed by atoms with E-state index in [1.165, 1.54) is 31.2 Å². The maximum absolute atomic E-state index is 13.1. The van der Waals surface area contributed by atoms with Gasteiger partial charge in [-0.2, -0.15) is 0 Å². The van der Waals surface area contributed by atoms with Crippen LogP contribution in [0.4, 0.5) is 4.39 Å². The molecule has 1 saturated carbocycles. The molecule has 1 N–H and O–H groups in total. The van der Waals surface area contributed by atoms with Crippen LogP contribution >= 0.6 is 0 Å². The van der Waals surface area contributed by atoms with Crippen molar-refractivity contribution in [1.29, 1.82) is 0 Å². The summed E-state index contributed by atoms with van der Waals surface area (Å²) in [5.74, 6) is 0.348. The average Bonchev–Trinajstić information content (AvgIpc) is 2.36. The smallest absolute Gasteiger partial charge is 0.123 e. The number of benzene rings is 1. The summed E-state index contributed by atoms with van der Waals surface area (Å²) in [6.07, 6.45) is 5.12. The lowest BCUT2D eigenvalue weighted by atomic mass is 9.74. The van der Waals surface area contributed by atoms with Crippen molar-refractivity contribution in [3.05, 3.63) is 35.6 Å². The molecule has 1 aliphatic rings. The van der Waals surface area contributed by atoms with Gasteiger partial charge >= 0.3 is 0 Å². The Balaban J connectivity index is 2.08. The van der Waals surface area contributed by atoms with Gasteiger partial charge in [0.2, 0.25) is 0 Å². The summed E-state index contributed by atoms with van der Waals surface area (Å²) in [6.45, 7) is 9.19. The van der Waals surface area contributed by atoms with Crippen molar-refractivity contribution in [3.63, 3.8) is 0 Å². The third-order valence-electron chi connectivity index (χ3n) is 4.52. The van der Waals surface area contributed by atoms with Gasteiger partial charge < -0.3 is 5.32 Å². The molecular formula is C18H28FN. The van der Waals surface area contributed by atoms with E-state index >= 15 is 0 Å². The minimum Gasteiger partial charge on any atom is -0.307 e. The predicted octanol–water partition coefficient (Wildman–Crippen LogP) is 5.08. The van der Waals surface area contributed by atoms with Crippen molar-refractivity contribution in [2.45, 2.75) is 65.5 Å². The second-order valence-electron chi connectivity index (χ2n) is 7.40. The number of hydrogen-bond donors (Lipinski definition) is 1. The van der Waals surface area contributed by atoms with E-state index in [1.54, 1.807) is 12.1 Å². The first-order valence-electron chi connectivity index (χ1n) is 7.89. The van der Waals surface area contributed by atoms with E-state index in [-0.39, 0.29) is 5.82 Å². The van der Waals surface area contributed by atoms with Gasteiger partial charge in [-0.3, -0.25) is 0 Å². The summed E-state index contributed by atoms with van der Waals surface area (Å²) in [7, 11) is 0. The molecule has 0 heterocycles. The molecule has 1 aromatic carbocycles. The molecule has 1 aromatic rings. The zero-order valence-corrected chi connectivity index (χ0v) is 13.2. The molecule has 0 saturated heterocycles. The molecule has 2 heteroatoms. The van der Waals surface area contributed by atoms with Gasteiger partial charge in [0.15, 0.2) is 0 Å². The van der Waals surface area contributed by atoms with Crippen LogP contribution in [0.1, 0.15) is 65.0 Å². The van der Waals surface area contributed by atoms with E-state index in [1.807, 2.05) is 12.1 Å². The van der Waals surface area contributed by atoms with Crippen molar-refractivity contribution < 1.29 is 4.39 Å². The molecule has 0 bridgehead atoms. The molecule has 0 aromatic heterocycles. The van der Waals surface area contributed by atoms with E-state index in [4.69, 9.17) is 0 Å². The van der Waals surface area contributed by atoms with Crippen LogP contribution in [0.2, 0.25) is 0 Å². The summed E-state index contributed by atoms with van der Waals surface area (Å²) in [4.78, 5) is 0. The zero-order chi connectivity index (χ0) is 14.8. The fraction of sp³-hybridized carbons (Fsp3) is 0.667. The fourth-order valence-electron chi connectivity index (χ4n) is 3.44. The molecule has 20 heavy (non-hydrogen) atoms. The van der Waals surface area contributed by atoms with Gasteiger partial charge in [-0.25, -0.2) is 4.39 Å². The van der Waals surface area contributed by atoms with Crippen LogP contribution in [0.25, 0.3) is 0 Å². The van der Waals surface area contributed by atoms with Gasteiger partial charge in [0.25, 0.3) is 0 Å². The standard InChI is InChI=1S/C18H28FN/c1-13(2)17(14-7-9-15(19)10-8-14)20-16-6-5-11-18(3,4)12-16/h7-10,13,16-17,20H,5-6,11-12H2,1-4H3. The molecular weight excluding hydrogens is 249 g/mol. The molecule has 2 unspecified atom stereocenters. The quantitative estimate of drug-likeness (QED) is 0.809. The second-order valence-corrected chi connectivity index (χ2v) is 7.40. The Kier molecular flexibility index (Phi) is 4.85. The Hall–Kier alpha value is -0.890. The molecule has 0 aliphatic heterocycles. The molecule has 0 amide bonds. The van der Waals surface area contributed by atoms with Crippen molar-refractivity contribution in [3.8, 4) is 0 Å². The fourth-order valence-corrected chi connectivity index (χ4v) is 3.44. The highest BCUT2D eigenvalue weighted by molar-refractivity contribution is 5.20. The summed E-state index contributed by atoms with van der Waals surface area (Å²) in [5.41, 5.74) is 1.64. The molecule has 112 valence electrons. The predicted molar refractivity (Wildman–Crippen MR) is 83.2 cm³/mol. The third-order valence-corrected chi connectivity index (χ3v) is 4.52. The van der Waals surface area contributed by atoms with E-state index in [9.17, 15) is 4.39 Å². The largest absolute Gasteiger partial charge is 0.307 e. The average molecular weight is 277 g/mol. The van der Waals surface area contributed by atoms with Gasteiger partial charge in [-0.1, -0.05) is 46.2 Å². The lowest BCUT2D eigenvalue weighted by Gasteiger charge is -2.38. The van der Waals surface area contributed by atoms with Gasteiger partial charge in [0, 0.05) is 12.1 Å². The minimum atomic E-state index is -0.157. The Labute approximate surface area is 123 Å². The first kappa shape index (κ1) is 15.5. The lowest BCUT2D eigenvalue weighted by molar-refractivity contribution is 0.180. The molecule has 1 aliphatic carbocycles. The van der Waals surface area contributed by atoms with E-state index in [0.717, 1.165) is 0 Å². The zero-order valence-electron chi connectivity index (χ0n) is 13.2. The molecule has 1 fully saturated rings. The Morgan fingerprint density at radius 1 is 1.20 bits per heavy atom. The van der Waals surface area contributed by atoms with E-state index < -0.39 is 0 Å². The normalized spacial score (nSPS) is 23.8. The van der Waals surface area contributed by atoms with Crippen LogP contribution in [0.15, 0.2) is 24.3 Å². The summed E-state index contributed by atoms with van der Waals surface area (Å²) in [6, 6.07) is 7.86. The molecule has 2 atom stereocenters. The Bertz CT molecular complexity index is 422. The summed E-state index contributed by atoms with van der Waals surface area (Å²) >= 11 is 0. The van der Waals surface area contributed by atoms with E-state index in [0.29, 0.717) is 23.4 Å². The molecule has 0 radical (unpaired) electrons. The van der Waals surface area contributed by atoms with Crippen molar-refractivity contribution >= 4 is 0 Å². The van der Waals surface area contributed by atoms with Crippen LogP contribution in [-0.2, 0) is 0 Å². The van der Waals surface area contributed by atoms with Crippen molar-refractivity contribution in [1.82, 2.24) is 5.32 Å². The van der Waals surface area contributed by atoms with Crippen LogP contribution in [-0.4, -0.2) is 6.04 Å². The number of nitrogens with one attached hydrogen (secondary N) is 1. The molecule has 0 spiro atoms. The highest BCUT2D eigenvalue weighted by Gasteiger charge is 2.30. The number of rotatable bonds is 4. The van der Waals surface area contributed by atoms with Crippen LogP contribution < -0.4 is 5.32 Å². The molecule has 2 rings (SSSR count). The number of hydrogen-bond acceptors (Lipinski definition) is 1. The SMILES string of the molecule is CC(C)C(NC1CCCC(C)(C)C1)c1ccc(F)cc1. The first-order valence-corrected chi connectivity index (χ1v) is 7.89. The summed E-state index contributed by atoms with van der Waals surface area (Å²) < 4.78 is 13.1. The highest BCUT2D eigenvalue weighted by Crippen LogP contribution is 2.36. The first-order chi connectivity index (χ1) is 9.37. The monoisotopic (exact) mass is 277 g/mol. The maximum Gasteiger partial charge on any atom is 0.123 e. The van der Waals surface area contributed by atoms with Gasteiger partial charge in [-0.15, -0.1) is 0 Å². The van der Waals surface area contributed by atoms with Crippen LogP contribution in [0.3, 0.4) is 0 Å². The van der Waals surface area contributed by atoms with Crippen molar-refractivity contribution in [2.24, 2.45) is 11.3 Å². The lowest BCUT2D eigenvalue weighted by Crippen LogP contribution is -2.40. The van der Waals surface area contributed by atoms with E-state index in [2.05, 4.69) is 33.0 Å².